The highest BCUT2D eigenvalue weighted by Gasteiger charge is 2.20. The maximum atomic E-state index is 10.3. The lowest BCUT2D eigenvalue weighted by Crippen LogP contribution is -2.20. The molecule has 0 unspecified atom stereocenters. The third-order valence-corrected chi connectivity index (χ3v) is 2.85. The average molecular weight is 238 g/mol. The summed E-state index contributed by atoms with van der Waals surface area (Å²) in [7, 11) is 0. The molecule has 0 atom stereocenters. The van der Waals surface area contributed by atoms with Crippen LogP contribution in [-0.2, 0) is 0 Å². The van der Waals surface area contributed by atoms with Gasteiger partial charge in [0.15, 0.2) is 0 Å². The first kappa shape index (κ1) is 12.6. The topological polar surface area (TPSA) is 20.2 Å². The molecule has 0 aromatic heterocycles. The molecule has 1 heteroatoms. The van der Waals surface area contributed by atoms with Gasteiger partial charge in [0.2, 0.25) is 0 Å². The van der Waals surface area contributed by atoms with Crippen molar-refractivity contribution in [2.75, 3.05) is 0 Å². The lowest BCUT2D eigenvalue weighted by molar-refractivity contribution is 0.144. The second-order valence-corrected chi connectivity index (χ2v) is 4.89. The van der Waals surface area contributed by atoms with Crippen LogP contribution in [0, 0.1) is 0 Å². The summed E-state index contributed by atoms with van der Waals surface area (Å²) in [6, 6.07) is 20.1. The van der Waals surface area contributed by atoms with Crippen molar-refractivity contribution in [1.82, 2.24) is 0 Å². The molecule has 0 fully saturated rings. The van der Waals surface area contributed by atoms with Crippen molar-refractivity contribution in [3.05, 3.63) is 71.8 Å². The molecule has 18 heavy (non-hydrogen) atoms. The van der Waals surface area contributed by atoms with E-state index in [4.69, 9.17) is 0 Å². The lowest BCUT2D eigenvalue weighted by atomic mass is 9.89. The zero-order valence-corrected chi connectivity index (χ0v) is 10.8. The van der Waals surface area contributed by atoms with Crippen LogP contribution in [0.1, 0.15) is 25.0 Å². The van der Waals surface area contributed by atoms with Crippen LogP contribution in [0.4, 0.5) is 0 Å². The van der Waals surface area contributed by atoms with Crippen molar-refractivity contribution in [1.29, 1.82) is 0 Å². The van der Waals surface area contributed by atoms with Crippen LogP contribution in [0.3, 0.4) is 0 Å². The molecule has 1 N–H and O–H groups in total. The molecule has 2 aromatic carbocycles. The summed E-state index contributed by atoms with van der Waals surface area (Å²) in [5, 5.41) is 10.3. The standard InChI is InChI=1S/C17H18O/c1-17(2,18)16(15-11-7-4-8-12-15)13-14-9-5-3-6-10-14/h3-13,18H,1-2H3. The third-order valence-electron chi connectivity index (χ3n) is 2.85. The predicted molar refractivity (Wildman–Crippen MR) is 77.1 cm³/mol. The maximum Gasteiger partial charge on any atom is 0.0846 e. The Morgan fingerprint density at radius 1 is 0.889 bits per heavy atom. The molecule has 0 heterocycles. The summed E-state index contributed by atoms with van der Waals surface area (Å²) in [5.74, 6) is 0. The SMILES string of the molecule is CC(C)(O)C(=Cc1ccccc1)c1ccccc1. The number of hydrogen-bond acceptors (Lipinski definition) is 1. The molecule has 0 saturated carbocycles. The summed E-state index contributed by atoms with van der Waals surface area (Å²) in [4.78, 5) is 0. The van der Waals surface area contributed by atoms with E-state index in [2.05, 4.69) is 0 Å². The Labute approximate surface area is 108 Å². The van der Waals surface area contributed by atoms with Crippen molar-refractivity contribution in [2.24, 2.45) is 0 Å². The first-order chi connectivity index (χ1) is 8.57. The molecule has 0 aliphatic heterocycles. The Bertz CT molecular complexity index is 519. The van der Waals surface area contributed by atoms with Gasteiger partial charge in [-0.1, -0.05) is 60.7 Å². The lowest BCUT2D eigenvalue weighted by Gasteiger charge is -2.22. The van der Waals surface area contributed by atoms with E-state index in [0.29, 0.717) is 0 Å². The molecule has 0 radical (unpaired) electrons. The second-order valence-electron chi connectivity index (χ2n) is 4.89. The molecular weight excluding hydrogens is 220 g/mol. The van der Waals surface area contributed by atoms with E-state index in [1.165, 1.54) is 0 Å². The summed E-state index contributed by atoms with van der Waals surface area (Å²) >= 11 is 0. The van der Waals surface area contributed by atoms with Gasteiger partial charge >= 0.3 is 0 Å². The van der Waals surface area contributed by atoms with Gasteiger partial charge in [-0.15, -0.1) is 0 Å². The molecule has 2 aromatic rings. The molecule has 92 valence electrons. The van der Waals surface area contributed by atoms with Crippen LogP contribution in [0.15, 0.2) is 60.7 Å². The zero-order valence-electron chi connectivity index (χ0n) is 10.8. The monoisotopic (exact) mass is 238 g/mol. The van der Waals surface area contributed by atoms with Gasteiger partial charge in [-0.25, -0.2) is 0 Å². The quantitative estimate of drug-likeness (QED) is 0.801. The van der Waals surface area contributed by atoms with E-state index < -0.39 is 5.60 Å². The maximum absolute atomic E-state index is 10.3. The molecule has 1 nitrogen and oxygen atoms in total. The largest absolute Gasteiger partial charge is 0.386 e. The van der Waals surface area contributed by atoms with Crippen LogP contribution < -0.4 is 0 Å². The minimum absolute atomic E-state index is 0.864. The minimum Gasteiger partial charge on any atom is -0.386 e. The number of rotatable bonds is 3. The molecule has 2 rings (SSSR count). The number of benzene rings is 2. The van der Waals surface area contributed by atoms with Gasteiger partial charge in [0.25, 0.3) is 0 Å². The Morgan fingerprint density at radius 2 is 1.39 bits per heavy atom. The fourth-order valence-corrected chi connectivity index (χ4v) is 1.95. The molecule has 0 saturated heterocycles. The van der Waals surface area contributed by atoms with Crippen molar-refractivity contribution < 1.29 is 5.11 Å². The highest BCUT2D eigenvalue weighted by atomic mass is 16.3. The summed E-state index contributed by atoms with van der Waals surface area (Å²) in [6.45, 7) is 3.63. The minimum atomic E-state index is -0.864. The molecule has 0 bridgehead atoms. The summed E-state index contributed by atoms with van der Waals surface area (Å²) in [5.41, 5.74) is 2.21. The van der Waals surface area contributed by atoms with E-state index in [0.717, 1.165) is 16.7 Å². The van der Waals surface area contributed by atoms with E-state index in [-0.39, 0.29) is 0 Å². The Kier molecular flexibility index (Phi) is 3.63. The van der Waals surface area contributed by atoms with Crippen LogP contribution in [-0.4, -0.2) is 10.7 Å². The van der Waals surface area contributed by atoms with E-state index >= 15 is 0 Å². The van der Waals surface area contributed by atoms with E-state index in [9.17, 15) is 5.11 Å². The Hall–Kier alpha value is -1.86. The summed E-state index contributed by atoms with van der Waals surface area (Å²) in [6.07, 6.45) is 2.04. The van der Waals surface area contributed by atoms with Crippen LogP contribution in [0.5, 0.6) is 0 Å². The smallest absolute Gasteiger partial charge is 0.0846 e. The molecule has 0 spiro atoms. The van der Waals surface area contributed by atoms with Gasteiger partial charge in [-0.3, -0.25) is 0 Å². The first-order valence-corrected chi connectivity index (χ1v) is 6.12. The second kappa shape index (κ2) is 5.19. The highest BCUT2D eigenvalue weighted by molar-refractivity contribution is 5.85. The van der Waals surface area contributed by atoms with Crippen LogP contribution in [0.25, 0.3) is 11.6 Å². The average Bonchev–Trinajstić information content (AvgIpc) is 2.37. The van der Waals surface area contributed by atoms with Gasteiger partial charge in [0, 0.05) is 0 Å². The Balaban J connectivity index is 2.48. The molecule has 0 aliphatic rings. The van der Waals surface area contributed by atoms with Crippen molar-refractivity contribution >= 4 is 11.6 Å². The molecular formula is C17H18O. The number of aliphatic hydroxyl groups is 1. The number of hydrogen-bond donors (Lipinski definition) is 1. The molecule has 0 amide bonds. The van der Waals surface area contributed by atoms with Gasteiger partial charge in [-0.05, 0) is 36.6 Å². The summed E-state index contributed by atoms with van der Waals surface area (Å²) < 4.78 is 0. The van der Waals surface area contributed by atoms with Crippen molar-refractivity contribution in [3.63, 3.8) is 0 Å². The van der Waals surface area contributed by atoms with Crippen molar-refractivity contribution in [2.45, 2.75) is 19.4 Å². The third kappa shape index (κ3) is 3.08. The van der Waals surface area contributed by atoms with Gasteiger partial charge in [0.1, 0.15) is 0 Å². The van der Waals surface area contributed by atoms with Crippen LogP contribution in [0.2, 0.25) is 0 Å². The predicted octanol–water partition coefficient (Wildman–Crippen LogP) is 4.00. The normalized spacial score (nSPS) is 12.5. The van der Waals surface area contributed by atoms with E-state index in [1.807, 2.05) is 80.6 Å². The van der Waals surface area contributed by atoms with E-state index in [1.54, 1.807) is 0 Å². The fourth-order valence-electron chi connectivity index (χ4n) is 1.95. The van der Waals surface area contributed by atoms with Gasteiger partial charge in [0.05, 0.1) is 5.60 Å². The van der Waals surface area contributed by atoms with Crippen LogP contribution >= 0.6 is 0 Å². The Morgan fingerprint density at radius 3 is 1.89 bits per heavy atom. The molecule has 0 aliphatic carbocycles. The van der Waals surface area contributed by atoms with Gasteiger partial charge in [-0.2, -0.15) is 0 Å². The van der Waals surface area contributed by atoms with Gasteiger partial charge < -0.3 is 5.11 Å². The zero-order chi connectivity index (χ0) is 13.0. The van der Waals surface area contributed by atoms with Crippen molar-refractivity contribution in [3.8, 4) is 0 Å². The fraction of sp³-hybridized carbons (Fsp3) is 0.176. The highest BCUT2D eigenvalue weighted by Crippen LogP contribution is 2.28. The first-order valence-electron chi connectivity index (χ1n) is 6.12.